The van der Waals surface area contributed by atoms with Crippen LogP contribution in [0, 0.1) is 0 Å². The normalized spacial score (nSPS) is 15.0. The second-order valence-corrected chi connectivity index (χ2v) is 9.00. The van der Waals surface area contributed by atoms with Crippen molar-refractivity contribution in [3.8, 4) is 17.2 Å². The second-order valence-electron chi connectivity index (χ2n) is 7.09. The zero-order valence-electron chi connectivity index (χ0n) is 17.7. The maximum Gasteiger partial charge on any atom is 0.245 e. The lowest BCUT2D eigenvalue weighted by Gasteiger charge is -2.26. The molecule has 0 aromatic heterocycles. The second kappa shape index (κ2) is 9.95. The van der Waals surface area contributed by atoms with Crippen LogP contribution in [0.3, 0.4) is 0 Å². The number of ether oxygens (including phenoxy) is 3. The quantitative estimate of drug-likeness (QED) is 0.501. The number of hydrogen-bond donors (Lipinski definition) is 0. The molecule has 0 aliphatic carbocycles. The van der Waals surface area contributed by atoms with Gasteiger partial charge in [0, 0.05) is 25.4 Å². The minimum Gasteiger partial charge on any atom is -0.497 e. The van der Waals surface area contributed by atoms with Crippen molar-refractivity contribution < 1.29 is 22.6 Å². The Morgan fingerprint density at radius 3 is 2.25 bits per heavy atom. The molecule has 0 atom stereocenters. The van der Waals surface area contributed by atoms with Crippen molar-refractivity contribution in [3.05, 3.63) is 78.4 Å². The Labute approximate surface area is 187 Å². The van der Waals surface area contributed by atoms with E-state index < -0.39 is 10.0 Å². The molecule has 0 bridgehead atoms. The van der Waals surface area contributed by atoms with E-state index in [1.54, 1.807) is 18.3 Å². The monoisotopic (exact) mass is 452 g/mol. The fourth-order valence-electron chi connectivity index (χ4n) is 3.25. The van der Waals surface area contributed by atoms with Gasteiger partial charge in [-0.2, -0.15) is 4.31 Å². The number of sulfonamides is 1. The number of benzene rings is 3. The molecule has 8 heteroatoms. The van der Waals surface area contributed by atoms with Gasteiger partial charge in [-0.1, -0.05) is 18.2 Å². The zero-order valence-corrected chi connectivity index (χ0v) is 18.5. The molecule has 7 nitrogen and oxygen atoms in total. The summed E-state index contributed by atoms with van der Waals surface area (Å²) in [4.78, 5) is 4.58. The van der Waals surface area contributed by atoms with Gasteiger partial charge in [0.25, 0.3) is 0 Å². The summed E-state index contributed by atoms with van der Waals surface area (Å²) in [6.07, 6.45) is 1.63. The highest BCUT2D eigenvalue weighted by Crippen LogP contribution is 2.31. The third-order valence-electron chi connectivity index (χ3n) is 4.97. The lowest BCUT2D eigenvalue weighted by atomic mass is 10.2. The maximum absolute atomic E-state index is 13.2. The van der Waals surface area contributed by atoms with Gasteiger partial charge in [0.2, 0.25) is 10.0 Å². The van der Waals surface area contributed by atoms with Crippen molar-refractivity contribution in [1.29, 1.82) is 0 Å². The van der Waals surface area contributed by atoms with Crippen LogP contribution in [0.4, 0.5) is 5.69 Å². The topological polar surface area (TPSA) is 77.4 Å². The van der Waals surface area contributed by atoms with E-state index in [2.05, 4.69) is 4.99 Å². The van der Waals surface area contributed by atoms with Gasteiger partial charge in [0.1, 0.15) is 22.1 Å². The molecule has 0 spiro atoms. The highest BCUT2D eigenvalue weighted by Gasteiger charge is 2.29. The number of aliphatic imine (C=N–C) groups is 1. The Kier molecular flexibility index (Phi) is 6.84. The van der Waals surface area contributed by atoms with Crippen LogP contribution < -0.4 is 9.47 Å². The molecule has 4 rings (SSSR count). The molecule has 0 saturated carbocycles. The molecule has 0 amide bonds. The van der Waals surface area contributed by atoms with Crippen LogP contribution in [-0.4, -0.2) is 52.4 Å². The van der Waals surface area contributed by atoms with Gasteiger partial charge >= 0.3 is 0 Å². The number of nitrogens with zero attached hydrogens (tertiary/aromatic N) is 2. The van der Waals surface area contributed by atoms with Gasteiger partial charge < -0.3 is 14.2 Å². The van der Waals surface area contributed by atoms with Crippen LogP contribution in [0.15, 0.2) is 82.7 Å². The van der Waals surface area contributed by atoms with Crippen molar-refractivity contribution in [2.75, 3.05) is 33.4 Å². The summed E-state index contributed by atoms with van der Waals surface area (Å²) in [6, 6.07) is 21.8. The van der Waals surface area contributed by atoms with Crippen LogP contribution in [0.2, 0.25) is 0 Å². The largest absolute Gasteiger partial charge is 0.497 e. The van der Waals surface area contributed by atoms with Gasteiger partial charge in [-0.3, -0.25) is 4.99 Å². The van der Waals surface area contributed by atoms with Crippen molar-refractivity contribution in [1.82, 2.24) is 4.31 Å². The predicted molar refractivity (Wildman–Crippen MR) is 123 cm³/mol. The third kappa shape index (κ3) is 5.16. The van der Waals surface area contributed by atoms with E-state index in [1.807, 2.05) is 54.6 Å². The molecule has 1 heterocycles. The van der Waals surface area contributed by atoms with Gasteiger partial charge in [0.15, 0.2) is 0 Å². The first-order valence-corrected chi connectivity index (χ1v) is 11.6. The van der Waals surface area contributed by atoms with Crippen LogP contribution in [0.25, 0.3) is 0 Å². The molecule has 1 aliphatic rings. The van der Waals surface area contributed by atoms with Crippen molar-refractivity contribution in [2.45, 2.75) is 4.90 Å². The van der Waals surface area contributed by atoms with Gasteiger partial charge in [-0.05, 0) is 54.1 Å². The lowest BCUT2D eigenvalue weighted by Crippen LogP contribution is -2.40. The minimum atomic E-state index is -3.73. The van der Waals surface area contributed by atoms with E-state index in [1.165, 1.54) is 17.5 Å². The summed E-state index contributed by atoms with van der Waals surface area (Å²) in [7, 11) is -2.23. The van der Waals surface area contributed by atoms with E-state index in [9.17, 15) is 8.42 Å². The molecular weight excluding hydrogens is 428 g/mol. The lowest BCUT2D eigenvalue weighted by molar-refractivity contribution is 0.0730. The SMILES string of the molecule is COc1ccc(N=Cc2ccc(Oc3ccccc3)cc2)c(S(=O)(=O)N2CCOCC2)c1. The summed E-state index contributed by atoms with van der Waals surface area (Å²) < 4.78 is 44.2. The average Bonchev–Trinajstić information content (AvgIpc) is 2.84. The minimum absolute atomic E-state index is 0.110. The van der Waals surface area contributed by atoms with Crippen molar-refractivity contribution >= 4 is 21.9 Å². The molecule has 1 saturated heterocycles. The molecule has 1 aliphatic heterocycles. The fourth-order valence-corrected chi connectivity index (χ4v) is 4.81. The molecule has 3 aromatic carbocycles. The number of morpholine rings is 1. The Hall–Kier alpha value is -3.20. The third-order valence-corrected chi connectivity index (χ3v) is 6.89. The summed E-state index contributed by atoms with van der Waals surface area (Å²) in [5.74, 6) is 1.91. The molecule has 166 valence electrons. The smallest absolute Gasteiger partial charge is 0.245 e. The van der Waals surface area contributed by atoms with E-state index in [0.29, 0.717) is 43.5 Å². The van der Waals surface area contributed by atoms with Crippen molar-refractivity contribution in [3.63, 3.8) is 0 Å². The molecule has 0 radical (unpaired) electrons. The standard InChI is InChI=1S/C24H24N2O5S/c1-29-22-11-12-23(24(17-22)32(27,28)26-13-15-30-16-14-26)25-18-19-7-9-21(10-8-19)31-20-5-3-2-4-6-20/h2-12,17-18H,13-16H2,1H3. The van der Waals surface area contributed by atoms with E-state index >= 15 is 0 Å². The number of hydrogen-bond acceptors (Lipinski definition) is 6. The molecule has 3 aromatic rings. The first-order valence-electron chi connectivity index (χ1n) is 10.2. The van der Waals surface area contributed by atoms with Gasteiger partial charge in [-0.15, -0.1) is 0 Å². The van der Waals surface area contributed by atoms with Gasteiger partial charge in [0.05, 0.1) is 26.0 Å². The van der Waals surface area contributed by atoms with Crippen LogP contribution in [0.5, 0.6) is 17.2 Å². The van der Waals surface area contributed by atoms with Gasteiger partial charge in [-0.25, -0.2) is 8.42 Å². The number of rotatable bonds is 7. The number of para-hydroxylation sites is 1. The van der Waals surface area contributed by atoms with E-state index in [4.69, 9.17) is 14.2 Å². The predicted octanol–water partition coefficient (Wildman–Crippen LogP) is 4.26. The zero-order chi connectivity index (χ0) is 22.4. The van der Waals surface area contributed by atoms with Crippen molar-refractivity contribution in [2.24, 2.45) is 4.99 Å². The summed E-state index contributed by atoms with van der Waals surface area (Å²) in [5, 5.41) is 0. The Bertz CT molecular complexity index is 1170. The number of methoxy groups -OCH3 is 1. The molecule has 32 heavy (non-hydrogen) atoms. The fraction of sp³-hybridized carbons (Fsp3) is 0.208. The summed E-state index contributed by atoms with van der Waals surface area (Å²) in [5.41, 5.74) is 1.16. The van der Waals surface area contributed by atoms with E-state index in [0.717, 1.165) is 11.3 Å². The maximum atomic E-state index is 13.2. The first-order chi connectivity index (χ1) is 15.6. The average molecular weight is 453 g/mol. The highest BCUT2D eigenvalue weighted by atomic mass is 32.2. The van der Waals surface area contributed by atoms with E-state index in [-0.39, 0.29) is 4.90 Å². The molecule has 0 N–H and O–H groups in total. The Morgan fingerprint density at radius 1 is 0.906 bits per heavy atom. The summed E-state index contributed by atoms with van der Waals surface area (Å²) in [6.45, 7) is 1.37. The molecular formula is C24H24N2O5S. The van der Waals surface area contributed by atoms with Crippen LogP contribution in [-0.2, 0) is 14.8 Å². The summed E-state index contributed by atoms with van der Waals surface area (Å²) >= 11 is 0. The molecule has 1 fully saturated rings. The Morgan fingerprint density at radius 2 is 1.56 bits per heavy atom. The highest BCUT2D eigenvalue weighted by molar-refractivity contribution is 7.89. The van der Waals surface area contributed by atoms with Crippen LogP contribution >= 0.6 is 0 Å². The van der Waals surface area contributed by atoms with Crippen LogP contribution in [0.1, 0.15) is 5.56 Å². The molecule has 0 unspecified atom stereocenters. The Balaban J connectivity index is 1.57. The first kappa shape index (κ1) is 22.0.